The monoisotopic (exact) mass is 336 g/mol. The zero-order valence-electron chi connectivity index (χ0n) is 9.32. The Hall–Kier alpha value is -0.670. The zero-order chi connectivity index (χ0) is 13.5. The van der Waals surface area contributed by atoms with E-state index in [0.29, 0.717) is 10.2 Å². The van der Waals surface area contributed by atoms with Crippen molar-refractivity contribution in [3.63, 3.8) is 0 Å². The van der Waals surface area contributed by atoms with Gasteiger partial charge in [-0.25, -0.2) is 8.42 Å². The Morgan fingerprint density at radius 1 is 1.28 bits per heavy atom. The summed E-state index contributed by atoms with van der Waals surface area (Å²) in [7, 11) is -3.74. The van der Waals surface area contributed by atoms with Gasteiger partial charge >= 0.3 is 0 Å². The van der Waals surface area contributed by atoms with Crippen molar-refractivity contribution in [2.75, 3.05) is 18.8 Å². The molecule has 18 heavy (non-hydrogen) atoms. The fourth-order valence-corrected chi connectivity index (χ4v) is 4.33. The first kappa shape index (κ1) is 13.8. The molecule has 0 aromatic heterocycles. The Balaban J connectivity index is 2.37. The number of benzene rings is 1. The third-order valence-corrected chi connectivity index (χ3v) is 5.61. The fourth-order valence-electron chi connectivity index (χ4n) is 1.80. The van der Waals surface area contributed by atoms with Gasteiger partial charge in [-0.2, -0.15) is 4.31 Å². The summed E-state index contributed by atoms with van der Waals surface area (Å²) in [6, 6.07) is 4.38. The van der Waals surface area contributed by atoms with E-state index in [9.17, 15) is 18.6 Å². The lowest BCUT2D eigenvalue weighted by molar-refractivity contribution is 0.0572. The molecule has 0 aliphatic carbocycles. The smallest absolute Gasteiger partial charge is 0.244 e. The van der Waals surface area contributed by atoms with Crippen LogP contribution in [0.25, 0.3) is 0 Å². The van der Waals surface area contributed by atoms with Crippen molar-refractivity contribution in [1.82, 2.24) is 4.31 Å². The number of rotatable bonds is 2. The van der Waals surface area contributed by atoms with E-state index in [4.69, 9.17) is 5.73 Å². The predicted molar refractivity (Wildman–Crippen MR) is 69.3 cm³/mol. The Labute approximate surface area is 113 Å². The molecule has 1 aliphatic heterocycles. The van der Waals surface area contributed by atoms with Gasteiger partial charge < -0.3 is 15.9 Å². The quantitative estimate of drug-likeness (QED) is 0.646. The van der Waals surface area contributed by atoms with E-state index in [1.54, 1.807) is 0 Å². The maximum atomic E-state index is 12.3. The minimum Gasteiger partial charge on any atom is -0.399 e. The topological polar surface area (TPSA) is 104 Å². The standard InChI is InChI=1S/C10H13BrN2O4S/c11-7-3-6(12)1-2-10(7)18(16,17)13-4-8(14)9(15)5-13/h1-3,8-9,14-15H,4-5,12H2/t8-,9+. The van der Waals surface area contributed by atoms with E-state index in [2.05, 4.69) is 15.9 Å². The number of nitrogen functional groups attached to an aromatic ring is 1. The van der Waals surface area contributed by atoms with Gasteiger partial charge in [-0.05, 0) is 34.1 Å². The van der Waals surface area contributed by atoms with Crippen molar-refractivity contribution >= 4 is 31.6 Å². The number of hydrogen-bond donors (Lipinski definition) is 3. The number of nitrogens with zero attached hydrogens (tertiary/aromatic N) is 1. The maximum Gasteiger partial charge on any atom is 0.244 e. The van der Waals surface area contributed by atoms with Crippen LogP contribution in [0.1, 0.15) is 0 Å². The van der Waals surface area contributed by atoms with Gasteiger partial charge in [0.2, 0.25) is 10.0 Å². The van der Waals surface area contributed by atoms with Crippen molar-refractivity contribution in [3.05, 3.63) is 22.7 Å². The molecule has 1 aromatic rings. The first-order valence-electron chi connectivity index (χ1n) is 5.23. The molecule has 1 aliphatic rings. The minimum absolute atomic E-state index is 0.0676. The van der Waals surface area contributed by atoms with Crippen LogP contribution in [0.15, 0.2) is 27.6 Å². The second-order valence-electron chi connectivity index (χ2n) is 4.15. The molecule has 0 spiro atoms. The highest BCUT2D eigenvalue weighted by molar-refractivity contribution is 9.10. The molecule has 1 saturated heterocycles. The van der Waals surface area contributed by atoms with E-state index in [1.165, 1.54) is 18.2 Å². The van der Waals surface area contributed by atoms with Crippen LogP contribution in [-0.4, -0.2) is 48.2 Å². The van der Waals surface area contributed by atoms with E-state index in [0.717, 1.165) is 4.31 Å². The lowest BCUT2D eigenvalue weighted by atomic mass is 10.3. The lowest BCUT2D eigenvalue weighted by Gasteiger charge is -2.16. The van der Waals surface area contributed by atoms with Crippen molar-refractivity contribution in [2.45, 2.75) is 17.1 Å². The van der Waals surface area contributed by atoms with Crippen LogP contribution < -0.4 is 5.73 Å². The largest absolute Gasteiger partial charge is 0.399 e. The molecule has 6 nitrogen and oxygen atoms in total. The average molecular weight is 337 g/mol. The van der Waals surface area contributed by atoms with Crippen LogP contribution in [-0.2, 0) is 10.0 Å². The molecule has 8 heteroatoms. The van der Waals surface area contributed by atoms with E-state index in [1.807, 2.05) is 0 Å². The number of nitrogens with two attached hydrogens (primary N) is 1. The molecule has 4 N–H and O–H groups in total. The predicted octanol–water partition coefficient (Wildman–Crippen LogP) is -0.243. The average Bonchev–Trinajstić information content (AvgIpc) is 2.59. The Bertz CT molecular complexity index is 553. The van der Waals surface area contributed by atoms with E-state index in [-0.39, 0.29) is 18.0 Å². The summed E-state index contributed by atoms with van der Waals surface area (Å²) in [6.07, 6.45) is -2.10. The van der Waals surface area contributed by atoms with Crippen LogP contribution in [0.2, 0.25) is 0 Å². The molecule has 2 rings (SSSR count). The highest BCUT2D eigenvalue weighted by Crippen LogP contribution is 2.29. The number of β-amino-alcohol motifs (C(OH)–C–C–N with tert-alkyl or cyclic N) is 2. The van der Waals surface area contributed by atoms with Crippen LogP contribution in [0.4, 0.5) is 5.69 Å². The van der Waals surface area contributed by atoms with Crippen molar-refractivity contribution in [3.8, 4) is 0 Å². The third-order valence-electron chi connectivity index (χ3n) is 2.80. The SMILES string of the molecule is Nc1ccc(S(=O)(=O)N2C[C@@H](O)[C@@H](O)C2)c(Br)c1. The number of aliphatic hydroxyl groups excluding tert-OH is 2. The van der Waals surface area contributed by atoms with Gasteiger partial charge in [0, 0.05) is 23.2 Å². The summed E-state index contributed by atoms with van der Waals surface area (Å²) in [5.41, 5.74) is 6.00. The number of sulfonamides is 1. The van der Waals surface area contributed by atoms with Gasteiger partial charge in [-0.15, -0.1) is 0 Å². The molecule has 1 heterocycles. The lowest BCUT2D eigenvalue weighted by Crippen LogP contribution is -2.30. The number of halogens is 1. The van der Waals surface area contributed by atoms with Gasteiger partial charge in [-0.3, -0.25) is 0 Å². The van der Waals surface area contributed by atoms with Crippen LogP contribution in [0.3, 0.4) is 0 Å². The molecule has 0 saturated carbocycles. The second kappa shape index (κ2) is 4.78. The molecule has 1 aromatic carbocycles. The fraction of sp³-hybridized carbons (Fsp3) is 0.400. The Kier molecular flexibility index (Phi) is 3.65. The highest BCUT2D eigenvalue weighted by Gasteiger charge is 2.38. The van der Waals surface area contributed by atoms with Gasteiger partial charge in [0.1, 0.15) is 0 Å². The summed E-state index contributed by atoms with van der Waals surface area (Å²) in [5.74, 6) is 0. The van der Waals surface area contributed by atoms with Gasteiger partial charge in [0.15, 0.2) is 0 Å². The minimum atomic E-state index is -3.74. The molecule has 0 bridgehead atoms. The summed E-state index contributed by atoms with van der Waals surface area (Å²) in [5, 5.41) is 18.8. The number of aliphatic hydroxyl groups is 2. The molecule has 0 radical (unpaired) electrons. The zero-order valence-corrected chi connectivity index (χ0v) is 11.7. The molecular weight excluding hydrogens is 324 g/mol. The second-order valence-corrected chi connectivity index (χ2v) is 6.91. The molecule has 100 valence electrons. The highest BCUT2D eigenvalue weighted by atomic mass is 79.9. The summed E-state index contributed by atoms with van der Waals surface area (Å²) >= 11 is 3.15. The van der Waals surface area contributed by atoms with Crippen molar-refractivity contribution in [1.29, 1.82) is 0 Å². The van der Waals surface area contributed by atoms with Crippen LogP contribution >= 0.6 is 15.9 Å². The van der Waals surface area contributed by atoms with Crippen molar-refractivity contribution < 1.29 is 18.6 Å². The summed E-state index contributed by atoms with van der Waals surface area (Å²) < 4.78 is 26.0. The van der Waals surface area contributed by atoms with Gasteiger partial charge in [0.25, 0.3) is 0 Å². The van der Waals surface area contributed by atoms with Crippen LogP contribution in [0.5, 0.6) is 0 Å². The Morgan fingerprint density at radius 3 is 2.33 bits per heavy atom. The number of hydrogen-bond acceptors (Lipinski definition) is 5. The van der Waals surface area contributed by atoms with Gasteiger partial charge in [0.05, 0.1) is 17.1 Å². The first-order chi connectivity index (χ1) is 8.32. The molecule has 2 atom stereocenters. The molecule has 0 unspecified atom stereocenters. The summed E-state index contributed by atoms with van der Waals surface area (Å²) in [6.45, 7) is -0.222. The summed E-state index contributed by atoms with van der Waals surface area (Å²) in [4.78, 5) is 0.0676. The van der Waals surface area contributed by atoms with Crippen molar-refractivity contribution in [2.24, 2.45) is 0 Å². The van der Waals surface area contributed by atoms with E-state index >= 15 is 0 Å². The third kappa shape index (κ3) is 2.39. The molecule has 1 fully saturated rings. The maximum absolute atomic E-state index is 12.3. The molecule has 0 amide bonds. The normalized spacial score (nSPS) is 25.5. The van der Waals surface area contributed by atoms with Gasteiger partial charge in [-0.1, -0.05) is 0 Å². The first-order valence-corrected chi connectivity index (χ1v) is 7.47. The number of anilines is 1. The van der Waals surface area contributed by atoms with E-state index < -0.39 is 22.2 Å². The molecular formula is C10H13BrN2O4S. The Morgan fingerprint density at radius 2 is 1.83 bits per heavy atom. The van der Waals surface area contributed by atoms with Crippen LogP contribution in [0, 0.1) is 0 Å².